The molecule has 1 atom stereocenters. The highest BCUT2D eigenvalue weighted by Gasteiger charge is 2.43. The van der Waals surface area contributed by atoms with Crippen molar-refractivity contribution in [2.24, 2.45) is 5.41 Å². The third-order valence-electron chi connectivity index (χ3n) is 5.23. The molecule has 8 heteroatoms. The first kappa shape index (κ1) is 14.9. The van der Waals surface area contributed by atoms with Crippen LogP contribution in [0, 0.1) is 5.41 Å². The molecule has 2 aliphatic heterocycles. The van der Waals surface area contributed by atoms with E-state index < -0.39 is 6.09 Å². The summed E-state index contributed by atoms with van der Waals surface area (Å²) in [6.45, 7) is 2.41. The van der Waals surface area contributed by atoms with Crippen LogP contribution in [0.25, 0.3) is 11.0 Å². The second-order valence-corrected chi connectivity index (χ2v) is 6.83. The van der Waals surface area contributed by atoms with Crippen molar-refractivity contribution in [2.45, 2.75) is 19.3 Å². The molecule has 2 aliphatic rings. The maximum atomic E-state index is 12.9. The number of H-pyrrole nitrogens is 1. The van der Waals surface area contributed by atoms with Crippen molar-refractivity contribution in [3.8, 4) is 0 Å². The minimum Gasteiger partial charge on any atom is -0.465 e. The lowest BCUT2D eigenvalue weighted by Gasteiger charge is -2.40. The van der Waals surface area contributed by atoms with Crippen LogP contribution in [0.3, 0.4) is 0 Å². The predicted octanol–water partition coefficient (Wildman–Crippen LogP) is 1.56. The summed E-state index contributed by atoms with van der Waals surface area (Å²) in [5, 5.41) is 19.7. The van der Waals surface area contributed by atoms with Gasteiger partial charge in [0, 0.05) is 37.2 Å². The first-order chi connectivity index (χ1) is 11.6. The molecule has 2 aromatic rings. The molecule has 4 rings (SSSR count). The zero-order valence-electron chi connectivity index (χ0n) is 13.2. The van der Waals surface area contributed by atoms with Gasteiger partial charge in [-0.3, -0.25) is 9.89 Å². The van der Waals surface area contributed by atoms with E-state index in [0.29, 0.717) is 37.3 Å². The molecular weight excluding hydrogens is 310 g/mol. The lowest BCUT2D eigenvalue weighted by Crippen LogP contribution is -2.47. The number of piperidine rings is 1. The van der Waals surface area contributed by atoms with Crippen LogP contribution < -0.4 is 0 Å². The molecule has 0 radical (unpaired) electrons. The number of hydrogen-bond donors (Lipinski definition) is 2. The minimum absolute atomic E-state index is 0.0206. The van der Waals surface area contributed by atoms with Gasteiger partial charge < -0.3 is 14.9 Å². The van der Waals surface area contributed by atoms with E-state index in [9.17, 15) is 14.7 Å². The van der Waals surface area contributed by atoms with Gasteiger partial charge in [0.25, 0.3) is 5.91 Å². The molecule has 2 saturated heterocycles. The second-order valence-electron chi connectivity index (χ2n) is 6.83. The molecule has 0 bridgehead atoms. The molecule has 1 aromatic carbocycles. The molecular formula is C16H19N5O3. The molecule has 1 aromatic heterocycles. The second kappa shape index (κ2) is 5.47. The molecule has 2 fully saturated rings. The SMILES string of the molecule is O=C(O)N1CCC2(CCCN(C(=O)c3ccc4[nH]nnc4c3)C2)C1. The largest absolute Gasteiger partial charge is 0.465 e. The number of carbonyl (C=O) groups is 2. The smallest absolute Gasteiger partial charge is 0.407 e. The van der Waals surface area contributed by atoms with Gasteiger partial charge in [-0.2, -0.15) is 0 Å². The van der Waals surface area contributed by atoms with Gasteiger partial charge in [0.1, 0.15) is 5.52 Å². The normalized spacial score (nSPS) is 24.0. The number of carboxylic acid groups (broad SMARTS) is 1. The quantitative estimate of drug-likeness (QED) is 0.826. The number of fused-ring (bicyclic) bond motifs is 1. The minimum atomic E-state index is -0.869. The Hall–Kier alpha value is -2.64. The van der Waals surface area contributed by atoms with E-state index in [1.54, 1.807) is 12.1 Å². The Morgan fingerprint density at radius 2 is 2.00 bits per heavy atom. The summed E-state index contributed by atoms with van der Waals surface area (Å²) in [4.78, 5) is 27.4. The molecule has 2 N–H and O–H groups in total. The number of benzene rings is 1. The number of aromatic amines is 1. The zero-order chi connectivity index (χ0) is 16.7. The summed E-state index contributed by atoms with van der Waals surface area (Å²) in [6.07, 6.45) is 1.84. The van der Waals surface area contributed by atoms with Gasteiger partial charge in [-0.25, -0.2) is 4.79 Å². The van der Waals surface area contributed by atoms with Crippen molar-refractivity contribution >= 4 is 23.0 Å². The Bertz CT molecular complexity index is 804. The number of rotatable bonds is 1. The molecule has 1 unspecified atom stereocenters. The van der Waals surface area contributed by atoms with E-state index in [-0.39, 0.29) is 11.3 Å². The third kappa shape index (κ3) is 2.47. The van der Waals surface area contributed by atoms with Gasteiger partial charge in [-0.15, -0.1) is 5.10 Å². The Balaban J connectivity index is 1.53. The maximum Gasteiger partial charge on any atom is 0.407 e. The van der Waals surface area contributed by atoms with Crippen molar-refractivity contribution in [3.63, 3.8) is 0 Å². The van der Waals surface area contributed by atoms with E-state index in [1.807, 2.05) is 11.0 Å². The summed E-state index contributed by atoms with van der Waals surface area (Å²) in [7, 11) is 0. The summed E-state index contributed by atoms with van der Waals surface area (Å²) in [5.74, 6) is -0.0206. The Labute approximate surface area is 138 Å². The van der Waals surface area contributed by atoms with Gasteiger partial charge in [0.15, 0.2) is 0 Å². The number of nitrogens with zero attached hydrogens (tertiary/aromatic N) is 4. The summed E-state index contributed by atoms with van der Waals surface area (Å²) in [5.41, 5.74) is 1.98. The van der Waals surface area contributed by atoms with Crippen LogP contribution in [0.1, 0.15) is 29.6 Å². The Kier molecular flexibility index (Phi) is 3.40. The summed E-state index contributed by atoms with van der Waals surface area (Å²) < 4.78 is 0. The van der Waals surface area contributed by atoms with E-state index in [1.165, 1.54) is 4.90 Å². The molecule has 1 spiro atoms. The standard InChI is InChI=1S/C16H19N5O3/c22-14(11-2-3-12-13(8-11)18-19-17-12)20-6-1-4-16(9-20)5-7-21(10-16)15(23)24/h2-3,8H,1,4-7,9-10H2,(H,23,24)(H,17,18,19). The summed E-state index contributed by atoms with van der Waals surface area (Å²) >= 11 is 0. The maximum absolute atomic E-state index is 12.9. The highest BCUT2D eigenvalue weighted by atomic mass is 16.4. The Morgan fingerprint density at radius 1 is 1.17 bits per heavy atom. The van der Waals surface area contributed by atoms with Crippen molar-refractivity contribution in [1.82, 2.24) is 25.2 Å². The van der Waals surface area contributed by atoms with E-state index in [4.69, 9.17) is 0 Å². The molecule has 3 heterocycles. The molecule has 2 amide bonds. The van der Waals surface area contributed by atoms with Gasteiger partial charge in [-0.1, -0.05) is 5.21 Å². The third-order valence-corrected chi connectivity index (χ3v) is 5.23. The predicted molar refractivity (Wildman–Crippen MR) is 85.7 cm³/mol. The number of amides is 2. The monoisotopic (exact) mass is 329 g/mol. The van der Waals surface area contributed by atoms with Crippen LogP contribution in [-0.2, 0) is 0 Å². The average molecular weight is 329 g/mol. The molecule has 0 aliphatic carbocycles. The fourth-order valence-electron chi connectivity index (χ4n) is 3.97. The lowest BCUT2D eigenvalue weighted by molar-refractivity contribution is 0.0530. The van der Waals surface area contributed by atoms with Crippen molar-refractivity contribution in [3.05, 3.63) is 23.8 Å². The van der Waals surface area contributed by atoms with Crippen molar-refractivity contribution in [1.29, 1.82) is 0 Å². The van der Waals surface area contributed by atoms with Gasteiger partial charge in [0.05, 0.1) is 5.52 Å². The first-order valence-corrected chi connectivity index (χ1v) is 8.14. The van der Waals surface area contributed by atoms with Crippen LogP contribution in [0.5, 0.6) is 0 Å². The van der Waals surface area contributed by atoms with Gasteiger partial charge in [0.2, 0.25) is 0 Å². The number of likely N-dealkylation sites (tertiary alicyclic amines) is 2. The lowest BCUT2D eigenvalue weighted by atomic mass is 9.79. The molecule has 24 heavy (non-hydrogen) atoms. The van der Waals surface area contributed by atoms with Gasteiger partial charge in [-0.05, 0) is 37.5 Å². The average Bonchev–Trinajstić information content (AvgIpc) is 3.21. The molecule has 126 valence electrons. The topological polar surface area (TPSA) is 102 Å². The van der Waals surface area contributed by atoms with Crippen LogP contribution >= 0.6 is 0 Å². The molecule has 0 saturated carbocycles. The van der Waals surface area contributed by atoms with E-state index >= 15 is 0 Å². The number of carbonyl (C=O) groups excluding carboxylic acids is 1. The molecule has 8 nitrogen and oxygen atoms in total. The van der Waals surface area contributed by atoms with Crippen molar-refractivity contribution < 1.29 is 14.7 Å². The van der Waals surface area contributed by atoms with Gasteiger partial charge >= 0.3 is 6.09 Å². The fraction of sp³-hybridized carbons (Fsp3) is 0.500. The highest BCUT2D eigenvalue weighted by molar-refractivity contribution is 5.97. The fourth-order valence-corrected chi connectivity index (χ4v) is 3.97. The zero-order valence-corrected chi connectivity index (χ0v) is 13.2. The first-order valence-electron chi connectivity index (χ1n) is 8.14. The summed E-state index contributed by atoms with van der Waals surface area (Å²) in [6, 6.07) is 5.34. The highest BCUT2D eigenvalue weighted by Crippen LogP contribution is 2.39. The number of hydrogen-bond acceptors (Lipinski definition) is 4. The van der Waals surface area contributed by atoms with Crippen LogP contribution in [0.15, 0.2) is 18.2 Å². The number of aromatic nitrogens is 3. The van der Waals surface area contributed by atoms with E-state index in [0.717, 1.165) is 24.8 Å². The number of nitrogens with one attached hydrogen (secondary N) is 1. The van der Waals surface area contributed by atoms with Crippen LogP contribution in [0.4, 0.5) is 4.79 Å². The van der Waals surface area contributed by atoms with Crippen molar-refractivity contribution in [2.75, 3.05) is 26.2 Å². The van der Waals surface area contributed by atoms with Crippen LogP contribution in [0.2, 0.25) is 0 Å². The van der Waals surface area contributed by atoms with E-state index in [2.05, 4.69) is 15.4 Å². The van der Waals surface area contributed by atoms with Crippen LogP contribution in [-0.4, -0.2) is 68.5 Å². The Morgan fingerprint density at radius 3 is 2.79 bits per heavy atom.